The summed E-state index contributed by atoms with van der Waals surface area (Å²) in [4.78, 5) is 36.7. The van der Waals surface area contributed by atoms with E-state index in [0.717, 1.165) is 112 Å². The Bertz CT molecular complexity index is 1230. The number of fused-ring (bicyclic) bond motifs is 3. The van der Waals surface area contributed by atoms with Gasteiger partial charge in [0.2, 0.25) is 11.8 Å². The van der Waals surface area contributed by atoms with Crippen LogP contribution in [0.2, 0.25) is 0 Å². The van der Waals surface area contributed by atoms with E-state index in [1.165, 1.54) is 0 Å². The number of hydrogen-bond donors (Lipinski definition) is 2. The molecule has 3 fully saturated rings. The number of carbonyl (C=O) groups is 2. The number of rotatable bonds is 16. The van der Waals surface area contributed by atoms with Crippen LogP contribution in [0.5, 0.6) is 0 Å². The van der Waals surface area contributed by atoms with Gasteiger partial charge >= 0.3 is 0 Å². The highest BCUT2D eigenvalue weighted by Gasteiger charge is 2.55. The number of nitrogens with zero attached hydrogens (tertiary/aromatic N) is 4. The Labute approximate surface area is 298 Å². The molecule has 2 bridgehead atoms. The van der Waals surface area contributed by atoms with Crippen LogP contribution < -0.4 is 20.4 Å². The van der Waals surface area contributed by atoms with Crippen molar-refractivity contribution in [2.45, 2.75) is 65.5 Å². The molecule has 0 atom stereocenters. The van der Waals surface area contributed by atoms with Crippen molar-refractivity contribution in [3.8, 4) is 0 Å². The maximum atomic E-state index is 14.0. The first-order chi connectivity index (χ1) is 22.0. The Balaban J connectivity index is 0.00000600. The monoisotopic (exact) mass is 708 g/mol. The molecule has 0 radical (unpaired) electrons. The molecule has 2 aromatic carbocycles. The number of halogens is 3. The summed E-state index contributed by atoms with van der Waals surface area (Å²) in [6.45, 7) is 8.97. The Morgan fingerprint density at radius 1 is 0.638 bits per heavy atom. The molecule has 0 saturated heterocycles. The molecule has 0 spiro atoms. The van der Waals surface area contributed by atoms with E-state index in [2.05, 4.69) is 80.5 Å². The van der Waals surface area contributed by atoms with E-state index in [-0.39, 0.29) is 24.2 Å². The summed E-state index contributed by atoms with van der Waals surface area (Å²) in [7, 11) is 8.20. The number of nitrogens with one attached hydrogen (secondary N) is 2. The molecule has 3 saturated carbocycles. The number of benzene rings is 2. The lowest BCUT2D eigenvalue weighted by Gasteiger charge is -2.51. The van der Waals surface area contributed by atoms with Gasteiger partial charge in [-0.1, -0.05) is 0 Å². The molecule has 11 heteroatoms. The van der Waals surface area contributed by atoms with Gasteiger partial charge in [0.15, 0.2) is 0 Å². The van der Waals surface area contributed by atoms with Gasteiger partial charge in [-0.2, -0.15) is 0 Å². The van der Waals surface area contributed by atoms with Crippen LogP contribution >= 0.6 is 35.6 Å². The minimum atomic E-state index is -0.442. The van der Waals surface area contributed by atoms with Crippen molar-refractivity contribution in [3.05, 3.63) is 47.5 Å². The third kappa shape index (κ3) is 9.69. The number of hydrogen-bond acceptors (Lipinski definition) is 6. The highest BCUT2D eigenvalue weighted by atomic mass is 35.5. The van der Waals surface area contributed by atoms with E-state index < -0.39 is 10.8 Å². The summed E-state index contributed by atoms with van der Waals surface area (Å²) in [5.74, 6) is 1.24. The van der Waals surface area contributed by atoms with Crippen LogP contribution in [0, 0.1) is 10.8 Å². The molecule has 2 amide bonds. The lowest BCUT2D eigenvalue weighted by atomic mass is 9.53. The van der Waals surface area contributed by atoms with Gasteiger partial charge in [-0.15, -0.1) is 35.6 Å². The molecule has 2 aromatic rings. The first kappa shape index (κ1) is 39.2. The van der Waals surface area contributed by atoms with Crippen molar-refractivity contribution in [1.29, 1.82) is 0 Å². The average Bonchev–Trinajstić information content (AvgIpc) is 3.02. The van der Waals surface area contributed by atoms with Crippen LogP contribution in [-0.2, 0) is 22.7 Å². The van der Waals surface area contributed by atoms with E-state index in [9.17, 15) is 9.59 Å². The minimum absolute atomic E-state index is 0. The van der Waals surface area contributed by atoms with Crippen molar-refractivity contribution in [1.82, 2.24) is 9.80 Å². The van der Waals surface area contributed by atoms with Gasteiger partial charge < -0.3 is 30.2 Å². The van der Waals surface area contributed by atoms with Crippen molar-refractivity contribution in [2.75, 3.05) is 86.6 Å². The smallest absolute Gasteiger partial charge is 0.230 e. The Morgan fingerprint density at radius 2 is 0.979 bits per heavy atom. The van der Waals surface area contributed by atoms with Gasteiger partial charge in [0.05, 0.1) is 0 Å². The first-order valence-corrected chi connectivity index (χ1v) is 17.9. The zero-order valence-corrected chi connectivity index (χ0v) is 31.5. The van der Waals surface area contributed by atoms with E-state index >= 15 is 0 Å². The molecule has 47 heavy (non-hydrogen) atoms. The molecular weight excluding hydrogens is 655 g/mol. The quantitative estimate of drug-likeness (QED) is 0.179. The van der Waals surface area contributed by atoms with Crippen molar-refractivity contribution >= 4 is 70.2 Å². The maximum absolute atomic E-state index is 14.0. The fourth-order valence-electron chi connectivity index (χ4n) is 7.31. The molecule has 262 valence electrons. The van der Waals surface area contributed by atoms with E-state index in [1.807, 2.05) is 28.2 Å². The number of amides is 2. The second-order valence-corrected chi connectivity index (χ2v) is 14.5. The number of alkyl halides is 2. The minimum Gasteiger partial charge on any atom is -0.371 e. The summed E-state index contributed by atoms with van der Waals surface area (Å²) in [6, 6.07) is 12.7. The van der Waals surface area contributed by atoms with Crippen molar-refractivity contribution < 1.29 is 9.59 Å². The first-order valence-electron chi connectivity index (χ1n) is 16.8. The Morgan fingerprint density at radius 3 is 1.26 bits per heavy atom. The molecule has 5 rings (SSSR count). The standard InChI is InChI=1S/C36H54Cl2N6O2.ClH/c1-7-43(17-15-37)31-21-27(25-41(3)4)19-29(23-31)39-33(45)35-9-12-36(13-10-35,14-11-35)34(46)40-30-20-28(26-42(5)6)22-32(24-30)44(8-2)18-16-38;/h19-24H,7-18,25-26H2,1-6H3,(H,39,45)(H,40,46);1H. The summed E-state index contributed by atoms with van der Waals surface area (Å²) >= 11 is 12.2. The van der Waals surface area contributed by atoms with Crippen LogP contribution in [-0.4, -0.2) is 87.7 Å². The van der Waals surface area contributed by atoms with Gasteiger partial charge in [-0.25, -0.2) is 0 Å². The van der Waals surface area contributed by atoms with Gasteiger partial charge in [-0.05, 0) is 128 Å². The highest BCUT2D eigenvalue weighted by molar-refractivity contribution is 6.18. The fraction of sp³-hybridized carbons (Fsp3) is 0.611. The summed E-state index contributed by atoms with van der Waals surface area (Å²) in [5, 5.41) is 6.61. The molecule has 0 aromatic heterocycles. The summed E-state index contributed by atoms with van der Waals surface area (Å²) in [6.07, 6.45) is 4.30. The molecule has 3 aliphatic rings. The van der Waals surface area contributed by atoms with Gasteiger partial charge in [0.25, 0.3) is 0 Å². The summed E-state index contributed by atoms with van der Waals surface area (Å²) in [5.41, 5.74) is 5.20. The molecule has 8 nitrogen and oxygen atoms in total. The normalized spacial score (nSPS) is 20.2. The third-order valence-electron chi connectivity index (χ3n) is 9.88. The molecular formula is C36H55Cl3N6O2. The zero-order valence-electron chi connectivity index (χ0n) is 29.1. The van der Waals surface area contributed by atoms with E-state index in [0.29, 0.717) is 11.8 Å². The third-order valence-corrected chi connectivity index (χ3v) is 10.2. The second kappa shape index (κ2) is 17.4. The topological polar surface area (TPSA) is 71.2 Å². The van der Waals surface area contributed by atoms with Crippen LogP contribution in [0.15, 0.2) is 36.4 Å². The maximum Gasteiger partial charge on any atom is 0.230 e. The molecule has 0 heterocycles. The fourth-order valence-corrected chi connectivity index (χ4v) is 7.72. The van der Waals surface area contributed by atoms with Gasteiger partial charge in [0, 0.05) is 84.6 Å². The second-order valence-electron chi connectivity index (χ2n) is 13.8. The molecule has 0 unspecified atom stereocenters. The molecule has 3 aliphatic carbocycles. The van der Waals surface area contributed by atoms with Crippen LogP contribution in [0.3, 0.4) is 0 Å². The summed E-state index contributed by atoms with van der Waals surface area (Å²) < 4.78 is 0. The van der Waals surface area contributed by atoms with E-state index in [4.69, 9.17) is 23.2 Å². The van der Waals surface area contributed by atoms with Gasteiger partial charge in [0.1, 0.15) is 0 Å². The van der Waals surface area contributed by atoms with Crippen LogP contribution in [0.1, 0.15) is 63.5 Å². The lowest BCUT2D eigenvalue weighted by molar-refractivity contribution is -0.144. The Kier molecular flexibility index (Phi) is 14.5. The highest BCUT2D eigenvalue weighted by Crippen LogP contribution is 2.57. The predicted molar refractivity (Wildman–Crippen MR) is 202 cm³/mol. The van der Waals surface area contributed by atoms with E-state index in [1.54, 1.807) is 0 Å². The zero-order chi connectivity index (χ0) is 33.5. The van der Waals surface area contributed by atoms with Crippen LogP contribution in [0.4, 0.5) is 22.7 Å². The van der Waals surface area contributed by atoms with Crippen LogP contribution in [0.25, 0.3) is 0 Å². The van der Waals surface area contributed by atoms with Crippen molar-refractivity contribution in [2.24, 2.45) is 10.8 Å². The largest absolute Gasteiger partial charge is 0.371 e. The predicted octanol–water partition coefficient (Wildman–Crippen LogP) is 7.28. The Hall–Kier alpha value is -2.23. The SMILES string of the molecule is CCN(CCCl)c1cc(CN(C)C)cc(NC(=O)C23CCC(C(=O)Nc4cc(CN(C)C)cc(N(CC)CCCl)c4)(CC2)CC3)c1.Cl. The lowest BCUT2D eigenvalue weighted by Crippen LogP contribution is -2.52. The molecule has 2 N–H and O–H groups in total. The number of anilines is 4. The van der Waals surface area contributed by atoms with Crippen molar-refractivity contribution in [3.63, 3.8) is 0 Å². The average molecular weight is 710 g/mol. The molecule has 0 aliphatic heterocycles. The number of carbonyl (C=O) groups excluding carboxylic acids is 2. The van der Waals surface area contributed by atoms with Gasteiger partial charge in [-0.3, -0.25) is 9.59 Å².